The molecule has 0 spiro atoms. The van der Waals surface area contributed by atoms with Gasteiger partial charge in [0.05, 0.1) is 23.1 Å². The molecule has 0 radical (unpaired) electrons. The Hall–Kier alpha value is -4.07. The smallest absolute Gasteiger partial charge is 0.335 e. The number of nitrogens with zero attached hydrogens (tertiary/aromatic N) is 2. The molecule has 0 atom stereocenters. The van der Waals surface area contributed by atoms with E-state index >= 15 is 0 Å². The highest BCUT2D eigenvalue weighted by Gasteiger charge is 2.27. The fourth-order valence-electron chi connectivity index (χ4n) is 3.69. The van der Waals surface area contributed by atoms with Crippen molar-refractivity contribution in [1.82, 2.24) is 9.55 Å². The molecule has 3 aromatic carbocycles. The van der Waals surface area contributed by atoms with Crippen molar-refractivity contribution < 1.29 is 23.5 Å². The number of carbonyl (C=O) groups excluding carboxylic acids is 1. The largest absolute Gasteiger partial charge is 0.478 e. The van der Waals surface area contributed by atoms with Crippen LogP contribution in [-0.2, 0) is 12.5 Å². The number of hydrogen-bond acceptors (Lipinski definition) is 4. The van der Waals surface area contributed by atoms with E-state index < -0.39 is 11.9 Å². The van der Waals surface area contributed by atoms with E-state index in [0.717, 1.165) is 6.92 Å². The summed E-state index contributed by atoms with van der Waals surface area (Å²) in [4.78, 5) is 27.5. The van der Waals surface area contributed by atoms with Crippen molar-refractivity contribution >= 4 is 34.4 Å². The minimum atomic E-state index is -3.03. The summed E-state index contributed by atoms with van der Waals surface area (Å²) in [6, 6.07) is 17.6. The van der Waals surface area contributed by atoms with Gasteiger partial charge in [0.15, 0.2) is 5.78 Å². The summed E-state index contributed by atoms with van der Waals surface area (Å²) in [5.74, 6) is -3.82. The Morgan fingerprint density at radius 1 is 1.03 bits per heavy atom. The number of carbonyl (C=O) groups is 2. The maximum Gasteiger partial charge on any atom is 0.335 e. The van der Waals surface area contributed by atoms with Gasteiger partial charge in [-0.15, -0.1) is 0 Å². The van der Waals surface area contributed by atoms with Crippen LogP contribution >= 0.6 is 0 Å². The molecule has 4 rings (SSSR count). The maximum atomic E-state index is 14.2. The number of aromatic carboxylic acids is 1. The third-order valence-corrected chi connectivity index (χ3v) is 5.36. The zero-order valence-electron chi connectivity index (χ0n) is 18.0. The fraction of sp³-hybridized carbons (Fsp3) is 0.160. The number of Topliss-reactive ketones (excluding diaryl/α,β-unsaturated/α-hetero) is 1. The van der Waals surface area contributed by atoms with Crippen LogP contribution < -0.4 is 5.32 Å². The number of rotatable bonds is 7. The molecular formula is C25H21F2N3O3. The molecular weight excluding hydrogens is 428 g/mol. The van der Waals surface area contributed by atoms with Gasteiger partial charge in [0.25, 0.3) is 5.92 Å². The van der Waals surface area contributed by atoms with Crippen LogP contribution in [0.5, 0.6) is 0 Å². The quantitative estimate of drug-likeness (QED) is 0.346. The number of aromatic nitrogens is 2. The first kappa shape index (κ1) is 22.1. The molecule has 2 N–H and O–H groups in total. The average Bonchev–Trinajstić information content (AvgIpc) is 3.10. The number of carboxylic acid groups (broad SMARTS) is 1. The molecule has 0 bridgehead atoms. The molecule has 0 saturated heterocycles. The van der Waals surface area contributed by atoms with E-state index in [4.69, 9.17) is 0 Å². The van der Waals surface area contributed by atoms with Crippen LogP contribution in [0.2, 0.25) is 0 Å². The van der Waals surface area contributed by atoms with Crippen LogP contribution in [0.25, 0.3) is 11.0 Å². The van der Waals surface area contributed by atoms with Crippen LogP contribution in [0, 0.1) is 0 Å². The van der Waals surface area contributed by atoms with E-state index in [9.17, 15) is 23.5 Å². The molecule has 0 unspecified atom stereocenters. The summed E-state index contributed by atoms with van der Waals surface area (Å²) < 4.78 is 30.2. The summed E-state index contributed by atoms with van der Waals surface area (Å²) >= 11 is 0. The van der Waals surface area contributed by atoms with Crippen molar-refractivity contribution in [2.45, 2.75) is 26.3 Å². The number of fused-ring (bicyclic) bond motifs is 1. The number of alkyl halides is 2. The van der Waals surface area contributed by atoms with Gasteiger partial charge in [-0.2, -0.15) is 0 Å². The van der Waals surface area contributed by atoms with Crippen LogP contribution in [-0.4, -0.2) is 26.4 Å². The van der Waals surface area contributed by atoms with Crippen molar-refractivity contribution in [2.75, 3.05) is 5.32 Å². The molecule has 8 heteroatoms. The highest BCUT2D eigenvalue weighted by Crippen LogP contribution is 2.32. The van der Waals surface area contributed by atoms with Crippen molar-refractivity contribution in [3.05, 3.63) is 89.0 Å². The molecule has 0 fully saturated rings. The molecule has 0 aliphatic heterocycles. The van der Waals surface area contributed by atoms with E-state index in [0.29, 0.717) is 33.8 Å². The van der Waals surface area contributed by atoms with Crippen molar-refractivity contribution in [3.8, 4) is 0 Å². The molecule has 6 nitrogen and oxygen atoms in total. The van der Waals surface area contributed by atoms with Gasteiger partial charge in [0, 0.05) is 23.7 Å². The summed E-state index contributed by atoms with van der Waals surface area (Å²) in [5, 5.41) is 12.5. The van der Waals surface area contributed by atoms with E-state index in [-0.39, 0.29) is 23.5 Å². The monoisotopic (exact) mass is 449 g/mol. The molecule has 1 heterocycles. The van der Waals surface area contributed by atoms with Gasteiger partial charge in [0.2, 0.25) is 5.95 Å². The van der Waals surface area contributed by atoms with Crippen molar-refractivity contribution in [1.29, 1.82) is 0 Å². The maximum absolute atomic E-state index is 14.2. The Balaban J connectivity index is 1.81. The molecule has 0 aliphatic carbocycles. The third-order valence-electron chi connectivity index (χ3n) is 5.36. The highest BCUT2D eigenvalue weighted by atomic mass is 19.3. The van der Waals surface area contributed by atoms with Crippen molar-refractivity contribution in [2.24, 2.45) is 0 Å². The molecule has 168 valence electrons. The van der Waals surface area contributed by atoms with E-state index in [1.165, 1.54) is 25.1 Å². The predicted molar refractivity (Wildman–Crippen MR) is 122 cm³/mol. The predicted octanol–water partition coefficient (Wildman–Crippen LogP) is 5.84. The summed E-state index contributed by atoms with van der Waals surface area (Å²) in [7, 11) is 0. The van der Waals surface area contributed by atoms with Gasteiger partial charge in [-0.1, -0.05) is 24.3 Å². The third kappa shape index (κ3) is 4.59. The topological polar surface area (TPSA) is 84.2 Å². The van der Waals surface area contributed by atoms with Gasteiger partial charge >= 0.3 is 5.97 Å². The number of benzene rings is 3. The molecule has 1 aromatic heterocycles. The number of nitrogens with one attached hydrogen (secondary N) is 1. The molecule has 33 heavy (non-hydrogen) atoms. The lowest BCUT2D eigenvalue weighted by Gasteiger charge is -2.18. The standard InChI is InChI=1S/C25H21F2N3O3/c1-15(31)16-7-10-19(11-8-16)28-24-29-21-13-17(23(32)33)9-12-22(21)30(24)14-18-5-3-4-6-20(18)25(2,26)27/h3-13H,14H2,1-2H3,(H,28,29)(H,32,33). The van der Waals surface area contributed by atoms with Crippen molar-refractivity contribution in [3.63, 3.8) is 0 Å². The number of halogens is 2. The Kier molecular flexibility index (Phi) is 5.68. The first-order valence-corrected chi connectivity index (χ1v) is 10.2. The Labute approximate surface area is 188 Å². The number of hydrogen-bond donors (Lipinski definition) is 2. The molecule has 0 saturated carbocycles. The highest BCUT2D eigenvalue weighted by molar-refractivity contribution is 5.95. The van der Waals surface area contributed by atoms with E-state index in [2.05, 4.69) is 10.3 Å². The lowest BCUT2D eigenvalue weighted by molar-refractivity contribution is 0.0164. The van der Waals surface area contributed by atoms with Gasteiger partial charge in [-0.25, -0.2) is 18.6 Å². The zero-order chi connectivity index (χ0) is 23.8. The zero-order valence-corrected chi connectivity index (χ0v) is 18.0. The molecule has 0 aliphatic rings. The number of anilines is 2. The number of carboxylic acids is 1. The Bertz CT molecular complexity index is 1360. The van der Waals surface area contributed by atoms with Gasteiger partial charge in [-0.05, 0) is 55.0 Å². The average molecular weight is 449 g/mol. The first-order chi connectivity index (χ1) is 15.6. The van der Waals surface area contributed by atoms with Crippen LogP contribution in [0.15, 0.2) is 66.7 Å². The Morgan fingerprint density at radius 2 is 1.70 bits per heavy atom. The SMILES string of the molecule is CC(=O)c1ccc(Nc2nc3cc(C(=O)O)ccc3n2Cc2ccccc2C(C)(F)F)cc1. The van der Waals surface area contributed by atoms with Crippen LogP contribution in [0.4, 0.5) is 20.4 Å². The minimum Gasteiger partial charge on any atom is -0.478 e. The Morgan fingerprint density at radius 3 is 2.33 bits per heavy atom. The second-order valence-corrected chi connectivity index (χ2v) is 7.83. The number of imidazole rings is 1. The summed E-state index contributed by atoms with van der Waals surface area (Å²) in [6.45, 7) is 2.42. The van der Waals surface area contributed by atoms with Gasteiger partial charge < -0.3 is 15.0 Å². The first-order valence-electron chi connectivity index (χ1n) is 10.2. The van der Waals surface area contributed by atoms with E-state index in [1.807, 2.05) is 0 Å². The summed E-state index contributed by atoms with van der Waals surface area (Å²) in [5.41, 5.74) is 2.61. The lowest BCUT2D eigenvalue weighted by atomic mass is 10.0. The van der Waals surface area contributed by atoms with Crippen LogP contribution in [0.3, 0.4) is 0 Å². The minimum absolute atomic E-state index is 0.0629. The lowest BCUT2D eigenvalue weighted by Crippen LogP contribution is -2.14. The second kappa shape index (κ2) is 8.46. The fourth-order valence-corrected chi connectivity index (χ4v) is 3.69. The molecule has 4 aromatic rings. The van der Waals surface area contributed by atoms with Gasteiger partial charge in [0.1, 0.15) is 0 Å². The molecule has 0 amide bonds. The summed E-state index contributed by atoms with van der Waals surface area (Å²) in [6.07, 6.45) is 0. The van der Waals surface area contributed by atoms with Crippen LogP contribution in [0.1, 0.15) is 45.7 Å². The number of ketones is 1. The normalized spacial score (nSPS) is 11.5. The van der Waals surface area contributed by atoms with E-state index in [1.54, 1.807) is 53.1 Å². The van der Waals surface area contributed by atoms with Gasteiger partial charge in [-0.3, -0.25) is 4.79 Å². The second-order valence-electron chi connectivity index (χ2n) is 7.83.